The molecule has 2 heterocycles. The molecule has 0 radical (unpaired) electrons. The topological polar surface area (TPSA) is 77.6 Å². The van der Waals surface area contributed by atoms with E-state index in [4.69, 9.17) is 23.2 Å². The highest BCUT2D eigenvalue weighted by molar-refractivity contribution is 6.35. The van der Waals surface area contributed by atoms with E-state index in [0.717, 1.165) is 37.3 Å². The smallest absolute Gasteiger partial charge is 0.233 e. The molecule has 1 saturated heterocycles. The molecule has 0 aliphatic carbocycles. The van der Waals surface area contributed by atoms with E-state index in [1.165, 1.54) is 5.56 Å². The highest BCUT2D eigenvalue weighted by Crippen LogP contribution is 2.25. The average Bonchev–Trinajstić information content (AvgIpc) is 2.88. The lowest BCUT2D eigenvalue weighted by Crippen LogP contribution is -2.50. The summed E-state index contributed by atoms with van der Waals surface area (Å²) < 4.78 is 0. The summed E-state index contributed by atoms with van der Waals surface area (Å²) in [4.78, 5) is 33.7. The maximum Gasteiger partial charge on any atom is 0.233 e. The normalized spacial score (nSPS) is 15.5. The van der Waals surface area contributed by atoms with Crippen LogP contribution in [0.5, 0.6) is 0 Å². The van der Waals surface area contributed by atoms with Crippen LogP contribution in [-0.2, 0) is 22.4 Å². The first-order valence-electron chi connectivity index (χ1n) is 12.6. The number of carbonyl (C=O) groups is 2. The third-order valence-corrected chi connectivity index (χ3v) is 7.20. The molecule has 36 heavy (non-hydrogen) atoms. The molecule has 1 aromatic heterocycles. The minimum absolute atomic E-state index is 0.0180. The Balaban J connectivity index is 1.51. The summed E-state index contributed by atoms with van der Waals surface area (Å²) in [5.74, 6) is 1.37. The molecule has 2 N–H and O–H groups in total. The second-order valence-electron chi connectivity index (χ2n) is 9.62. The Morgan fingerprint density at radius 1 is 1.08 bits per heavy atom. The summed E-state index contributed by atoms with van der Waals surface area (Å²) in [7, 11) is 1.76. The second kappa shape index (κ2) is 13.8. The van der Waals surface area contributed by atoms with Gasteiger partial charge in [0, 0.05) is 54.9 Å². The molecule has 1 aliphatic heterocycles. The zero-order valence-electron chi connectivity index (χ0n) is 21.4. The van der Waals surface area contributed by atoms with Gasteiger partial charge in [-0.3, -0.25) is 9.59 Å². The zero-order chi connectivity index (χ0) is 26.1. The Morgan fingerprint density at radius 3 is 2.53 bits per heavy atom. The number of pyridine rings is 1. The first-order chi connectivity index (χ1) is 17.3. The molecule has 2 aromatic rings. The summed E-state index contributed by atoms with van der Waals surface area (Å²) in [6.07, 6.45) is 4.27. The van der Waals surface area contributed by atoms with E-state index in [1.54, 1.807) is 13.1 Å². The van der Waals surface area contributed by atoms with Gasteiger partial charge in [0.05, 0.1) is 6.54 Å². The molecule has 2 unspecified atom stereocenters. The zero-order valence-corrected chi connectivity index (χ0v) is 22.9. The number of nitrogens with one attached hydrogen (secondary N) is 2. The Morgan fingerprint density at radius 2 is 1.83 bits per heavy atom. The van der Waals surface area contributed by atoms with Crippen molar-refractivity contribution in [1.29, 1.82) is 0 Å². The minimum atomic E-state index is -0.157. The van der Waals surface area contributed by atoms with Crippen LogP contribution < -0.4 is 15.5 Å². The van der Waals surface area contributed by atoms with E-state index < -0.39 is 0 Å². The van der Waals surface area contributed by atoms with Crippen LogP contribution in [0.25, 0.3) is 0 Å². The third-order valence-electron chi connectivity index (χ3n) is 6.61. The van der Waals surface area contributed by atoms with Crippen LogP contribution in [0.2, 0.25) is 10.0 Å². The van der Waals surface area contributed by atoms with Gasteiger partial charge >= 0.3 is 0 Å². The maximum absolute atomic E-state index is 13.1. The summed E-state index contributed by atoms with van der Waals surface area (Å²) >= 11 is 12.3. The van der Waals surface area contributed by atoms with Gasteiger partial charge in [0.15, 0.2) is 0 Å². The van der Waals surface area contributed by atoms with Crippen LogP contribution in [0.15, 0.2) is 36.5 Å². The van der Waals surface area contributed by atoms with Crippen molar-refractivity contribution in [2.24, 2.45) is 11.8 Å². The van der Waals surface area contributed by atoms with Gasteiger partial charge in [-0.05, 0) is 61.6 Å². The number of anilines is 1. The SMILES string of the molecule is CNCC(=O)NCC(C)CCc1cccnc1N1CCN(C(=O)C(C)Cc2ccc(Cl)cc2Cl)CC1. The first-order valence-corrected chi connectivity index (χ1v) is 13.4. The van der Waals surface area contributed by atoms with Gasteiger partial charge < -0.3 is 20.4 Å². The molecule has 7 nitrogen and oxygen atoms in total. The van der Waals surface area contributed by atoms with Gasteiger partial charge in [-0.1, -0.05) is 49.2 Å². The molecule has 1 aromatic carbocycles. The lowest BCUT2D eigenvalue weighted by atomic mass is 9.99. The van der Waals surface area contributed by atoms with Crippen LogP contribution in [0.1, 0.15) is 31.4 Å². The van der Waals surface area contributed by atoms with Gasteiger partial charge in [0.25, 0.3) is 0 Å². The number of hydrogen-bond donors (Lipinski definition) is 2. The fraction of sp³-hybridized carbons (Fsp3) is 0.519. The largest absolute Gasteiger partial charge is 0.355 e. The molecule has 196 valence electrons. The fourth-order valence-electron chi connectivity index (χ4n) is 4.48. The number of piperazine rings is 1. The van der Waals surface area contributed by atoms with Crippen molar-refractivity contribution in [2.75, 3.05) is 51.2 Å². The van der Waals surface area contributed by atoms with Crippen molar-refractivity contribution in [3.8, 4) is 0 Å². The standard InChI is InChI=1S/C27H37Cl2N5O2/c1-19(17-32-25(35)18-30-3)6-7-21-5-4-10-31-26(21)33-11-13-34(14-12-33)27(36)20(2)15-22-8-9-23(28)16-24(22)29/h4-5,8-10,16,19-20,30H,6-7,11-15,17-18H2,1-3H3,(H,32,35). The highest BCUT2D eigenvalue weighted by Gasteiger charge is 2.27. The van der Waals surface area contributed by atoms with E-state index in [0.29, 0.717) is 48.6 Å². The molecule has 0 spiro atoms. The van der Waals surface area contributed by atoms with Gasteiger partial charge in [-0.25, -0.2) is 4.98 Å². The van der Waals surface area contributed by atoms with Crippen LogP contribution in [0.4, 0.5) is 5.82 Å². The Labute approximate surface area is 224 Å². The molecule has 2 atom stereocenters. The molecule has 3 rings (SSSR count). The number of aromatic nitrogens is 1. The van der Waals surface area contributed by atoms with Crippen LogP contribution in [0, 0.1) is 11.8 Å². The van der Waals surface area contributed by atoms with Gasteiger partial charge in [0.2, 0.25) is 11.8 Å². The van der Waals surface area contributed by atoms with Crippen LogP contribution >= 0.6 is 23.2 Å². The number of likely N-dealkylation sites (N-methyl/N-ethyl adjacent to an activating group) is 1. The lowest BCUT2D eigenvalue weighted by Gasteiger charge is -2.37. The fourth-order valence-corrected chi connectivity index (χ4v) is 4.97. The summed E-state index contributed by atoms with van der Waals surface area (Å²) in [5.41, 5.74) is 2.14. The molecular formula is C27H37Cl2N5O2. The number of rotatable bonds is 11. The number of carbonyl (C=O) groups excluding carboxylic acids is 2. The average molecular weight is 535 g/mol. The lowest BCUT2D eigenvalue weighted by molar-refractivity contribution is -0.135. The van der Waals surface area contributed by atoms with Gasteiger partial charge in [0.1, 0.15) is 5.82 Å². The predicted octanol–water partition coefficient (Wildman–Crippen LogP) is 3.82. The number of hydrogen-bond acceptors (Lipinski definition) is 5. The monoisotopic (exact) mass is 533 g/mol. The van der Waals surface area contributed by atoms with E-state index in [1.807, 2.05) is 36.2 Å². The maximum atomic E-state index is 13.1. The molecule has 9 heteroatoms. The summed E-state index contributed by atoms with van der Waals surface area (Å²) in [6, 6.07) is 9.53. The molecule has 2 amide bonds. The van der Waals surface area contributed by atoms with Crippen LogP contribution in [-0.4, -0.2) is 68.0 Å². The minimum Gasteiger partial charge on any atom is -0.355 e. The third kappa shape index (κ3) is 8.08. The molecule has 1 fully saturated rings. The Bertz CT molecular complexity index is 1030. The van der Waals surface area contributed by atoms with Crippen molar-refractivity contribution < 1.29 is 9.59 Å². The number of aryl methyl sites for hydroxylation is 1. The van der Waals surface area contributed by atoms with Crippen molar-refractivity contribution in [2.45, 2.75) is 33.1 Å². The second-order valence-corrected chi connectivity index (χ2v) is 10.5. The van der Waals surface area contributed by atoms with E-state index in [9.17, 15) is 9.59 Å². The van der Waals surface area contributed by atoms with Crippen molar-refractivity contribution >= 4 is 40.8 Å². The number of nitrogens with zero attached hydrogens (tertiary/aromatic N) is 3. The molecule has 0 saturated carbocycles. The summed E-state index contributed by atoms with van der Waals surface area (Å²) in [6.45, 7) is 7.94. The molecule has 0 bridgehead atoms. The number of benzene rings is 1. The number of halogens is 2. The quantitative estimate of drug-likeness (QED) is 0.459. The van der Waals surface area contributed by atoms with E-state index >= 15 is 0 Å². The van der Waals surface area contributed by atoms with E-state index in [-0.39, 0.29) is 17.7 Å². The van der Waals surface area contributed by atoms with Crippen molar-refractivity contribution in [3.05, 3.63) is 57.7 Å². The highest BCUT2D eigenvalue weighted by atomic mass is 35.5. The summed E-state index contributed by atoms with van der Waals surface area (Å²) in [5, 5.41) is 7.03. The molecule has 1 aliphatic rings. The predicted molar refractivity (Wildman–Crippen MR) is 147 cm³/mol. The Kier molecular flexibility index (Phi) is 10.8. The Hall–Kier alpha value is -2.35. The van der Waals surface area contributed by atoms with Crippen molar-refractivity contribution in [3.63, 3.8) is 0 Å². The first kappa shape index (κ1) is 28.2. The molecular weight excluding hydrogens is 497 g/mol. The van der Waals surface area contributed by atoms with Crippen LogP contribution in [0.3, 0.4) is 0 Å². The number of amides is 2. The van der Waals surface area contributed by atoms with Gasteiger partial charge in [-0.15, -0.1) is 0 Å². The van der Waals surface area contributed by atoms with Crippen molar-refractivity contribution in [1.82, 2.24) is 20.5 Å². The van der Waals surface area contributed by atoms with Gasteiger partial charge in [-0.2, -0.15) is 0 Å². The van der Waals surface area contributed by atoms with E-state index in [2.05, 4.69) is 33.5 Å².